The molecule has 5 heteroatoms. The minimum atomic E-state index is -0.870. The van der Waals surface area contributed by atoms with Crippen LogP contribution in [0.2, 0.25) is 0 Å². The molecule has 0 aromatic rings. The van der Waals surface area contributed by atoms with Gasteiger partial charge in [0.2, 0.25) is 0 Å². The number of unbranched alkanes of at least 4 members (excludes halogenated alkanes) is 1. The van der Waals surface area contributed by atoms with Gasteiger partial charge in [0.15, 0.2) is 0 Å². The van der Waals surface area contributed by atoms with Crippen LogP contribution in [0.5, 0.6) is 0 Å². The van der Waals surface area contributed by atoms with Gasteiger partial charge in [-0.1, -0.05) is 6.42 Å². The monoisotopic (exact) mass is 231 g/mol. The molecule has 0 saturated carbocycles. The second-order valence-corrected chi connectivity index (χ2v) is 3.81. The zero-order chi connectivity index (χ0) is 12.2. The van der Waals surface area contributed by atoms with Gasteiger partial charge in [-0.25, -0.2) is 0 Å². The molecule has 0 aliphatic carbocycles. The smallest absolute Gasteiger partial charge is 0.303 e. The van der Waals surface area contributed by atoms with Crippen LogP contribution in [-0.4, -0.2) is 35.2 Å². The molecule has 0 bridgehead atoms. The number of hydrogen-bond acceptors (Lipinski definition) is 3. The van der Waals surface area contributed by atoms with Gasteiger partial charge in [0.1, 0.15) is 0 Å². The lowest BCUT2D eigenvalue weighted by Crippen LogP contribution is -2.21. The van der Waals surface area contributed by atoms with E-state index in [1.165, 1.54) is 32.4 Å². The van der Waals surface area contributed by atoms with E-state index in [1.54, 1.807) is 0 Å². The van der Waals surface area contributed by atoms with Crippen LogP contribution in [-0.2, 0) is 9.59 Å². The summed E-state index contributed by atoms with van der Waals surface area (Å²) in [5, 5.41) is 19.5. The molecule has 0 aromatic heterocycles. The SMILES string of the molecule is C1CCNCC1.O=C(O)CCCCC(=O)O. The summed E-state index contributed by atoms with van der Waals surface area (Å²) in [6.45, 7) is 2.50. The molecule has 0 atom stereocenters. The molecule has 1 aliphatic rings. The van der Waals surface area contributed by atoms with E-state index < -0.39 is 11.9 Å². The predicted molar refractivity (Wildman–Crippen MR) is 60.5 cm³/mol. The molecular weight excluding hydrogens is 210 g/mol. The molecule has 0 spiro atoms. The summed E-state index contributed by atoms with van der Waals surface area (Å²) in [5.41, 5.74) is 0. The fraction of sp³-hybridized carbons (Fsp3) is 0.818. The van der Waals surface area contributed by atoms with Crippen LogP contribution in [0, 0.1) is 0 Å². The number of nitrogens with one attached hydrogen (secondary N) is 1. The van der Waals surface area contributed by atoms with Crippen molar-refractivity contribution in [2.75, 3.05) is 13.1 Å². The third kappa shape index (κ3) is 12.9. The first-order valence-corrected chi connectivity index (χ1v) is 5.77. The van der Waals surface area contributed by atoms with Crippen LogP contribution >= 0.6 is 0 Å². The largest absolute Gasteiger partial charge is 0.481 e. The molecule has 0 aromatic carbocycles. The Bertz CT molecular complexity index is 175. The van der Waals surface area contributed by atoms with Gasteiger partial charge in [0.05, 0.1) is 0 Å². The molecule has 1 aliphatic heterocycles. The van der Waals surface area contributed by atoms with Crippen molar-refractivity contribution in [2.24, 2.45) is 0 Å². The highest BCUT2D eigenvalue weighted by Crippen LogP contribution is 1.98. The summed E-state index contributed by atoms with van der Waals surface area (Å²) in [7, 11) is 0. The molecule has 16 heavy (non-hydrogen) atoms. The number of hydrogen-bond donors (Lipinski definition) is 3. The normalized spacial score (nSPS) is 14.8. The summed E-state index contributed by atoms with van der Waals surface area (Å²) < 4.78 is 0. The van der Waals surface area contributed by atoms with Gasteiger partial charge in [-0.2, -0.15) is 0 Å². The van der Waals surface area contributed by atoms with Crippen LogP contribution < -0.4 is 5.32 Å². The van der Waals surface area contributed by atoms with Crippen molar-refractivity contribution in [2.45, 2.75) is 44.9 Å². The Labute approximate surface area is 95.9 Å². The van der Waals surface area contributed by atoms with E-state index in [2.05, 4.69) is 5.32 Å². The van der Waals surface area contributed by atoms with Gasteiger partial charge in [0, 0.05) is 12.8 Å². The maximum absolute atomic E-state index is 9.90. The van der Waals surface area contributed by atoms with Crippen LogP contribution in [0.25, 0.3) is 0 Å². The van der Waals surface area contributed by atoms with Crippen LogP contribution in [0.1, 0.15) is 44.9 Å². The Morgan fingerprint density at radius 3 is 1.50 bits per heavy atom. The minimum Gasteiger partial charge on any atom is -0.481 e. The van der Waals surface area contributed by atoms with E-state index in [0.717, 1.165) is 0 Å². The van der Waals surface area contributed by atoms with Gasteiger partial charge < -0.3 is 15.5 Å². The molecule has 1 rings (SSSR count). The van der Waals surface area contributed by atoms with E-state index in [1.807, 2.05) is 0 Å². The van der Waals surface area contributed by atoms with E-state index >= 15 is 0 Å². The molecule has 0 radical (unpaired) electrons. The fourth-order valence-corrected chi connectivity index (χ4v) is 1.35. The number of rotatable bonds is 5. The summed E-state index contributed by atoms with van der Waals surface area (Å²) in [6, 6.07) is 0. The Balaban J connectivity index is 0.000000315. The third-order valence-electron chi connectivity index (χ3n) is 2.24. The molecule has 5 nitrogen and oxygen atoms in total. The predicted octanol–water partition coefficient (Wildman–Crippen LogP) is 1.48. The lowest BCUT2D eigenvalue weighted by Gasteiger charge is -2.08. The summed E-state index contributed by atoms with van der Waals surface area (Å²) >= 11 is 0. The Morgan fingerprint density at radius 2 is 1.31 bits per heavy atom. The van der Waals surface area contributed by atoms with Crippen molar-refractivity contribution in [1.82, 2.24) is 5.32 Å². The highest BCUT2D eigenvalue weighted by Gasteiger charge is 1.99. The number of aliphatic carboxylic acids is 2. The Morgan fingerprint density at radius 1 is 0.875 bits per heavy atom. The maximum Gasteiger partial charge on any atom is 0.303 e. The topological polar surface area (TPSA) is 86.6 Å². The standard InChI is InChI=1S/C6H10O4.C5H11N/c7-5(8)3-1-2-4-6(9)10;1-2-4-6-5-3-1/h1-4H2,(H,7,8)(H,9,10);6H,1-5H2. The lowest BCUT2D eigenvalue weighted by molar-refractivity contribution is -0.139. The Kier molecular flexibility index (Phi) is 9.70. The van der Waals surface area contributed by atoms with Crippen molar-refractivity contribution < 1.29 is 19.8 Å². The van der Waals surface area contributed by atoms with Gasteiger partial charge in [-0.05, 0) is 38.8 Å². The lowest BCUT2D eigenvalue weighted by atomic mass is 10.2. The first-order chi connectivity index (χ1) is 7.63. The number of carbonyl (C=O) groups is 2. The van der Waals surface area contributed by atoms with Crippen molar-refractivity contribution in [3.8, 4) is 0 Å². The summed E-state index contributed by atoms with van der Waals surface area (Å²) in [5.74, 6) is -1.74. The fourth-order valence-electron chi connectivity index (χ4n) is 1.35. The number of carboxylic acid groups (broad SMARTS) is 2. The second-order valence-electron chi connectivity index (χ2n) is 3.81. The highest BCUT2D eigenvalue weighted by atomic mass is 16.4. The van der Waals surface area contributed by atoms with Crippen LogP contribution in [0.15, 0.2) is 0 Å². The first-order valence-electron chi connectivity index (χ1n) is 5.77. The van der Waals surface area contributed by atoms with Crippen molar-refractivity contribution >= 4 is 11.9 Å². The quantitative estimate of drug-likeness (QED) is 0.624. The zero-order valence-electron chi connectivity index (χ0n) is 9.57. The molecule has 3 N–H and O–H groups in total. The zero-order valence-corrected chi connectivity index (χ0v) is 9.57. The van der Waals surface area contributed by atoms with Crippen molar-refractivity contribution in [1.29, 1.82) is 0 Å². The first kappa shape index (κ1) is 14.9. The average molecular weight is 231 g/mol. The van der Waals surface area contributed by atoms with Gasteiger partial charge >= 0.3 is 11.9 Å². The Hall–Kier alpha value is -1.10. The molecule has 1 fully saturated rings. The van der Waals surface area contributed by atoms with Crippen LogP contribution in [0.4, 0.5) is 0 Å². The molecule has 1 heterocycles. The van der Waals surface area contributed by atoms with Gasteiger partial charge in [0.25, 0.3) is 0 Å². The molecule has 0 unspecified atom stereocenters. The summed E-state index contributed by atoms with van der Waals surface area (Å²) in [4.78, 5) is 19.8. The average Bonchev–Trinajstić information content (AvgIpc) is 2.27. The van der Waals surface area contributed by atoms with E-state index in [9.17, 15) is 9.59 Å². The van der Waals surface area contributed by atoms with Crippen molar-refractivity contribution in [3.63, 3.8) is 0 Å². The minimum absolute atomic E-state index is 0.0628. The summed E-state index contributed by atoms with van der Waals surface area (Å²) in [6.07, 6.45) is 5.23. The molecule has 1 saturated heterocycles. The van der Waals surface area contributed by atoms with Crippen molar-refractivity contribution in [3.05, 3.63) is 0 Å². The van der Waals surface area contributed by atoms with E-state index in [4.69, 9.17) is 10.2 Å². The van der Waals surface area contributed by atoms with E-state index in [-0.39, 0.29) is 12.8 Å². The van der Waals surface area contributed by atoms with Gasteiger partial charge in [-0.3, -0.25) is 9.59 Å². The van der Waals surface area contributed by atoms with E-state index in [0.29, 0.717) is 12.8 Å². The number of carboxylic acids is 2. The highest BCUT2D eigenvalue weighted by molar-refractivity contribution is 5.67. The second kappa shape index (κ2) is 10.4. The molecule has 94 valence electrons. The molecular formula is C11H21NO4. The third-order valence-corrected chi connectivity index (χ3v) is 2.24. The number of piperidine rings is 1. The van der Waals surface area contributed by atoms with Crippen LogP contribution in [0.3, 0.4) is 0 Å². The molecule has 0 amide bonds. The maximum atomic E-state index is 9.90. The van der Waals surface area contributed by atoms with Gasteiger partial charge in [-0.15, -0.1) is 0 Å².